The first kappa shape index (κ1) is 21.5. The Kier molecular flexibility index (Phi) is 5.81. The molecule has 0 unspecified atom stereocenters. The summed E-state index contributed by atoms with van der Waals surface area (Å²) in [7, 11) is -3.28. The van der Waals surface area contributed by atoms with Crippen LogP contribution in [0, 0.1) is 6.92 Å². The van der Waals surface area contributed by atoms with Gasteiger partial charge in [0.15, 0.2) is 0 Å². The van der Waals surface area contributed by atoms with Crippen LogP contribution < -0.4 is 5.32 Å². The molecule has 1 saturated heterocycles. The second-order valence-corrected chi connectivity index (χ2v) is 10.3. The average molecular weight is 438 g/mol. The molecule has 1 amide bonds. The monoisotopic (exact) mass is 437 g/mol. The first-order valence-corrected chi connectivity index (χ1v) is 12.2. The first-order chi connectivity index (χ1) is 14.9. The van der Waals surface area contributed by atoms with Crippen molar-refractivity contribution in [2.24, 2.45) is 0 Å². The lowest BCUT2D eigenvalue weighted by Gasteiger charge is -2.40. The van der Waals surface area contributed by atoms with Crippen LogP contribution >= 0.6 is 0 Å². The van der Waals surface area contributed by atoms with Gasteiger partial charge in [0.2, 0.25) is 15.9 Å². The van der Waals surface area contributed by atoms with E-state index in [2.05, 4.69) is 10.3 Å². The number of carbonyl (C=O) groups excluding carboxylic acids is 1. The average Bonchev–Trinajstić information content (AvgIpc) is 2.81. The SMILES string of the molecule is CCS(=O)(=O)N1CCC(C(=O)Nc2ccc(C)c3ncccc23)(c2ccccc2)CC1. The number of aryl methyl sites for hydroxylation is 1. The number of hydrogen-bond acceptors (Lipinski definition) is 4. The number of sulfonamides is 1. The number of carbonyl (C=O) groups is 1. The van der Waals surface area contributed by atoms with Gasteiger partial charge in [-0.25, -0.2) is 12.7 Å². The number of piperidine rings is 1. The summed E-state index contributed by atoms with van der Waals surface area (Å²) in [5.74, 6) is -0.0406. The first-order valence-electron chi connectivity index (χ1n) is 10.6. The van der Waals surface area contributed by atoms with E-state index in [9.17, 15) is 13.2 Å². The van der Waals surface area contributed by atoms with Crippen LogP contribution in [0.5, 0.6) is 0 Å². The second kappa shape index (κ2) is 8.40. The van der Waals surface area contributed by atoms with Crippen LogP contribution in [0.4, 0.5) is 5.69 Å². The molecule has 1 aliphatic rings. The molecule has 0 radical (unpaired) electrons. The number of benzene rings is 2. The number of nitrogens with one attached hydrogen (secondary N) is 1. The maximum atomic E-state index is 13.7. The van der Waals surface area contributed by atoms with E-state index in [4.69, 9.17) is 0 Å². The fourth-order valence-electron chi connectivity index (χ4n) is 4.40. The molecule has 6 nitrogen and oxygen atoms in total. The molecule has 1 fully saturated rings. The number of rotatable bonds is 5. The second-order valence-electron chi connectivity index (χ2n) is 8.03. The fraction of sp³-hybridized carbons (Fsp3) is 0.333. The molecule has 162 valence electrons. The maximum Gasteiger partial charge on any atom is 0.235 e. The van der Waals surface area contributed by atoms with Crippen LogP contribution in [0.1, 0.15) is 30.9 Å². The summed E-state index contributed by atoms with van der Waals surface area (Å²) in [5.41, 5.74) is 2.75. The van der Waals surface area contributed by atoms with Crippen LogP contribution in [0.25, 0.3) is 10.9 Å². The minimum Gasteiger partial charge on any atom is -0.325 e. The molecule has 1 N–H and O–H groups in total. The number of amides is 1. The van der Waals surface area contributed by atoms with E-state index >= 15 is 0 Å². The predicted molar refractivity (Wildman–Crippen MR) is 123 cm³/mol. The Morgan fingerprint density at radius 3 is 2.45 bits per heavy atom. The van der Waals surface area contributed by atoms with Gasteiger partial charge in [-0.15, -0.1) is 0 Å². The summed E-state index contributed by atoms with van der Waals surface area (Å²) in [6.07, 6.45) is 2.62. The van der Waals surface area contributed by atoms with Gasteiger partial charge >= 0.3 is 0 Å². The number of aromatic nitrogens is 1. The van der Waals surface area contributed by atoms with Crippen LogP contribution in [0.3, 0.4) is 0 Å². The zero-order chi connectivity index (χ0) is 22.1. The summed E-state index contributed by atoms with van der Waals surface area (Å²) in [6.45, 7) is 4.30. The van der Waals surface area contributed by atoms with Gasteiger partial charge in [-0.1, -0.05) is 36.4 Å². The van der Waals surface area contributed by atoms with Crippen LogP contribution in [-0.2, 0) is 20.2 Å². The van der Waals surface area contributed by atoms with Crippen molar-refractivity contribution in [2.45, 2.75) is 32.1 Å². The Labute approximate surface area is 183 Å². The van der Waals surface area contributed by atoms with E-state index in [0.717, 1.165) is 27.7 Å². The zero-order valence-corrected chi connectivity index (χ0v) is 18.7. The van der Waals surface area contributed by atoms with Gasteiger partial charge in [-0.2, -0.15) is 0 Å². The third-order valence-corrected chi connectivity index (χ3v) is 8.20. The molecular formula is C24H27N3O3S. The number of anilines is 1. The van der Waals surface area contributed by atoms with Crippen LogP contribution in [0.15, 0.2) is 60.8 Å². The molecule has 3 aromatic rings. The normalized spacial score (nSPS) is 16.8. The van der Waals surface area contributed by atoms with Gasteiger partial charge in [-0.3, -0.25) is 9.78 Å². The van der Waals surface area contributed by atoms with Crippen molar-refractivity contribution < 1.29 is 13.2 Å². The quantitative estimate of drug-likeness (QED) is 0.657. The highest BCUT2D eigenvalue weighted by atomic mass is 32.2. The predicted octanol–water partition coefficient (Wildman–Crippen LogP) is 3.87. The van der Waals surface area contributed by atoms with Gasteiger partial charge in [0.05, 0.1) is 22.4 Å². The van der Waals surface area contributed by atoms with Gasteiger partial charge < -0.3 is 5.32 Å². The van der Waals surface area contributed by atoms with Crippen LogP contribution in [0.2, 0.25) is 0 Å². The molecule has 2 aromatic carbocycles. The highest BCUT2D eigenvalue weighted by molar-refractivity contribution is 7.89. The van der Waals surface area contributed by atoms with Crippen molar-refractivity contribution in [1.82, 2.24) is 9.29 Å². The number of hydrogen-bond donors (Lipinski definition) is 1. The molecule has 0 spiro atoms. The summed E-state index contributed by atoms with van der Waals surface area (Å²) in [4.78, 5) is 18.2. The van der Waals surface area contributed by atoms with Crippen LogP contribution in [-0.4, -0.2) is 42.5 Å². The number of fused-ring (bicyclic) bond motifs is 1. The molecule has 1 aromatic heterocycles. The molecule has 0 atom stereocenters. The lowest BCUT2D eigenvalue weighted by atomic mass is 9.72. The van der Waals surface area contributed by atoms with E-state index in [-0.39, 0.29) is 11.7 Å². The lowest BCUT2D eigenvalue weighted by molar-refractivity contribution is -0.123. The van der Waals surface area contributed by atoms with Crippen molar-refractivity contribution in [3.8, 4) is 0 Å². The summed E-state index contributed by atoms with van der Waals surface area (Å²) >= 11 is 0. The Bertz CT molecular complexity index is 1200. The largest absolute Gasteiger partial charge is 0.325 e. The van der Waals surface area contributed by atoms with Gasteiger partial charge in [0, 0.05) is 24.7 Å². The van der Waals surface area contributed by atoms with E-state index in [1.165, 1.54) is 4.31 Å². The third-order valence-electron chi connectivity index (χ3n) is 6.31. The Morgan fingerprint density at radius 1 is 1.06 bits per heavy atom. The van der Waals surface area contributed by atoms with E-state index in [1.54, 1.807) is 13.1 Å². The topological polar surface area (TPSA) is 79.4 Å². The number of pyridine rings is 1. The molecule has 0 saturated carbocycles. The van der Waals surface area contributed by atoms with Crippen molar-refractivity contribution in [3.05, 3.63) is 71.9 Å². The number of nitrogens with zero attached hydrogens (tertiary/aromatic N) is 2. The van der Waals surface area contributed by atoms with E-state index in [1.807, 2.05) is 61.5 Å². The minimum absolute atomic E-state index is 0.0693. The minimum atomic E-state index is -3.28. The summed E-state index contributed by atoms with van der Waals surface area (Å²) < 4.78 is 26.2. The standard InChI is InChI=1S/C24H27N3O3S/c1-3-31(29,30)27-16-13-24(14-17-27,19-8-5-4-6-9-19)23(28)26-21-12-11-18(2)22-20(21)10-7-15-25-22/h4-12,15H,3,13-14,16-17H2,1-2H3,(H,26,28). The highest BCUT2D eigenvalue weighted by Crippen LogP contribution is 2.38. The molecule has 4 rings (SSSR count). The molecule has 0 aliphatic carbocycles. The molecule has 0 bridgehead atoms. The lowest BCUT2D eigenvalue weighted by Crippen LogP contribution is -2.51. The maximum absolute atomic E-state index is 13.7. The van der Waals surface area contributed by atoms with Crippen molar-refractivity contribution >= 4 is 32.5 Å². The molecular weight excluding hydrogens is 410 g/mol. The molecule has 7 heteroatoms. The van der Waals surface area contributed by atoms with E-state index in [0.29, 0.717) is 25.9 Å². The fourth-order valence-corrected chi connectivity index (χ4v) is 5.50. The summed E-state index contributed by atoms with van der Waals surface area (Å²) in [5, 5.41) is 4.04. The van der Waals surface area contributed by atoms with E-state index < -0.39 is 15.4 Å². The molecule has 2 heterocycles. The molecule has 31 heavy (non-hydrogen) atoms. The highest BCUT2D eigenvalue weighted by Gasteiger charge is 2.44. The Balaban J connectivity index is 1.70. The third kappa shape index (κ3) is 3.95. The Hall–Kier alpha value is -2.77. The van der Waals surface area contributed by atoms with Gasteiger partial charge in [0.1, 0.15) is 0 Å². The van der Waals surface area contributed by atoms with Gasteiger partial charge in [0.25, 0.3) is 0 Å². The zero-order valence-electron chi connectivity index (χ0n) is 17.8. The smallest absolute Gasteiger partial charge is 0.235 e. The molecule has 1 aliphatic heterocycles. The van der Waals surface area contributed by atoms with Crippen molar-refractivity contribution in [3.63, 3.8) is 0 Å². The van der Waals surface area contributed by atoms with Crippen molar-refractivity contribution in [1.29, 1.82) is 0 Å². The van der Waals surface area contributed by atoms with Gasteiger partial charge in [-0.05, 0) is 56.0 Å². The summed E-state index contributed by atoms with van der Waals surface area (Å²) in [6, 6.07) is 17.4. The van der Waals surface area contributed by atoms with Crippen molar-refractivity contribution in [2.75, 3.05) is 24.2 Å². The Morgan fingerprint density at radius 2 is 1.77 bits per heavy atom.